The Morgan fingerprint density at radius 1 is 1.16 bits per heavy atom. The zero-order valence-corrected chi connectivity index (χ0v) is 25.8. The van der Waals surface area contributed by atoms with E-state index in [1.54, 1.807) is 25.7 Å². The molecule has 0 radical (unpaired) electrons. The van der Waals surface area contributed by atoms with Crippen molar-refractivity contribution in [2.45, 2.75) is 57.3 Å². The van der Waals surface area contributed by atoms with Crippen molar-refractivity contribution in [1.29, 1.82) is 0 Å². The lowest BCUT2D eigenvalue weighted by Crippen LogP contribution is -2.53. The van der Waals surface area contributed by atoms with Gasteiger partial charge < -0.3 is 29.5 Å². The minimum absolute atomic E-state index is 0.0492. The van der Waals surface area contributed by atoms with Crippen LogP contribution < -0.4 is 14.8 Å². The number of benzene rings is 3. The maximum absolute atomic E-state index is 16.3. The van der Waals surface area contributed by atoms with Gasteiger partial charge in [0.25, 0.3) is 5.91 Å². The van der Waals surface area contributed by atoms with Crippen LogP contribution in [0, 0.1) is 11.6 Å². The number of fused-ring (bicyclic) bond motifs is 1. The summed E-state index contributed by atoms with van der Waals surface area (Å²) in [6.45, 7) is 5.23. The minimum atomic E-state index is -1.21. The Bertz CT molecular complexity index is 1580. The van der Waals surface area contributed by atoms with Crippen molar-refractivity contribution in [1.82, 2.24) is 10.2 Å². The summed E-state index contributed by atoms with van der Waals surface area (Å²) in [5, 5.41) is 11.4. The molecular formula is C33H35ClF2N2O6. The molecule has 44 heavy (non-hydrogen) atoms. The van der Waals surface area contributed by atoms with Gasteiger partial charge in [-0.25, -0.2) is 13.6 Å². The molecule has 2 aliphatic rings. The van der Waals surface area contributed by atoms with Crippen LogP contribution in [0.15, 0.2) is 48.5 Å². The Morgan fingerprint density at radius 3 is 2.55 bits per heavy atom. The molecule has 2 atom stereocenters. The number of aliphatic hydroxyl groups excluding tert-OH is 1. The summed E-state index contributed by atoms with van der Waals surface area (Å²) in [6.07, 6.45) is 0.830. The zero-order chi connectivity index (χ0) is 31.8. The molecule has 1 fully saturated rings. The van der Waals surface area contributed by atoms with Gasteiger partial charge >= 0.3 is 6.09 Å². The largest absolute Gasteiger partial charge is 0.488 e. The highest BCUT2D eigenvalue weighted by molar-refractivity contribution is 6.34. The van der Waals surface area contributed by atoms with Gasteiger partial charge in [-0.2, -0.15) is 0 Å². The molecule has 2 N–H and O–H groups in total. The number of nitrogens with one attached hydrogen (secondary N) is 1. The molecule has 2 aliphatic heterocycles. The summed E-state index contributed by atoms with van der Waals surface area (Å²) in [4.78, 5) is 28.1. The van der Waals surface area contributed by atoms with Gasteiger partial charge in [0.1, 0.15) is 23.8 Å². The standard InChI is InChI=1S/C33H35ClF2N2O6/c1-32(2,3)44-31(41)38-14-8-11-25(38)33(19-9-6-5-7-10-19)18-21-24(43-33)17-22(35)28(34)26(21)27-20(30(40)37-4)12-13-23(29(27)36)42-16-15-39/h5-7,9-10,12-13,17,25,39H,8,11,14-16,18H2,1-4H3,(H,37,40)/t25-,33-/m0/s1. The van der Waals surface area contributed by atoms with Crippen molar-refractivity contribution in [3.63, 3.8) is 0 Å². The fraction of sp³-hybridized carbons (Fsp3) is 0.394. The monoisotopic (exact) mass is 628 g/mol. The van der Waals surface area contributed by atoms with Crippen LogP contribution in [-0.4, -0.2) is 60.5 Å². The first-order valence-electron chi connectivity index (χ1n) is 14.5. The Balaban J connectivity index is 1.72. The van der Waals surface area contributed by atoms with Gasteiger partial charge in [-0.15, -0.1) is 0 Å². The second-order valence-electron chi connectivity index (χ2n) is 11.8. The quantitative estimate of drug-likeness (QED) is 0.321. The molecule has 5 rings (SSSR count). The lowest BCUT2D eigenvalue weighted by molar-refractivity contribution is -0.0216. The van der Waals surface area contributed by atoms with Gasteiger partial charge in [-0.1, -0.05) is 41.9 Å². The molecule has 234 valence electrons. The topological polar surface area (TPSA) is 97.3 Å². The van der Waals surface area contributed by atoms with E-state index in [0.29, 0.717) is 24.9 Å². The molecule has 1 saturated heterocycles. The second-order valence-corrected chi connectivity index (χ2v) is 12.2. The summed E-state index contributed by atoms with van der Waals surface area (Å²) in [5.74, 6) is -2.56. The highest BCUT2D eigenvalue weighted by atomic mass is 35.5. The molecular weight excluding hydrogens is 594 g/mol. The van der Waals surface area contributed by atoms with Crippen LogP contribution in [0.5, 0.6) is 11.5 Å². The molecule has 0 unspecified atom stereocenters. The Kier molecular flexibility index (Phi) is 8.77. The van der Waals surface area contributed by atoms with Crippen LogP contribution in [0.1, 0.15) is 55.1 Å². The summed E-state index contributed by atoms with van der Waals surface area (Å²) < 4.78 is 49.7. The molecule has 0 aliphatic carbocycles. The molecule has 11 heteroatoms. The number of carbonyl (C=O) groups is 2. The van der Waals surface area contributed by atoms with Crippen molar-refractivity contribution in [3.05, 3.63) is 81.9 Å². The average Bonchev–Trinajstić information content (AvgIpc) is 3.63. The lowest BCUT2D eigenvalue weighted by Gasteiger charge is -2.40. The lowest BCUT2D eigenvalue weighted by atomic mass is 9.79. The van der Waals surface area contributed by atoms with Gasteiger partial charge in [-0.05, 0) is 51.3 Å². The summed E-state index contributed by atoms with van der Waals surface area (Å²) in [5.41, 5.74) is -1.24. The first-order valence-corrected chi connectivity index (χ1v) is 14.8. The van der Waals surface area contributed by atoms with E-state index in [1.807, 2.05) is 30.3 Å². The zero-order valence-electron chi connectivity index (χ0n) is 25.0. The molecule has 2 amide bonds. The van der Waals surface area contributed by atoms with E-state index in [1.165, 1.54) is 19.2 Å². The molecule has 2 heterocycles. The van der Waals surface area contributed by atoms with E-state index < -0.39 is 45.9 Å². The Labute approximate surface area is 259 Å². The number of halogens is 3. The number of aliphatic hydroxyl groups is 1. The third kappa shape index (κ3) is 5.68. The van der Waals surface area contributed by atoms with Crippen LogP contribution in [0.4, 0.5) is 13.6 Å². The Morgan fingerprint density at radius 2 is 1.89 bits per heavy atom. The van der Waals surface area contributed by atoms with Crippen LogP contribution in [-0.2, 0) is 16.8 Å². The smallest absolute Gasteiger partial charge is 0.410 e. The fourth-order valence-electron chi connectivity index (χ4n) is 6.11. The van der Waals surface area contributed by atoms with Crippen molar-refractivity contribution in [2.24, 2.45) is 0 Å². The van der Waals surface area contributed by atoms with E-state index in [4.69, 9.17) is 25.8 Å². The SMILES string of the molecule is CNC(=O)c1ccc(OCCO)c(F)c1-c1c(Cl)c(F)cc2c1C[C@](c1ccccc1)([C@@H]1CCCN1C(=O)OC(C)(C)C)O2. The number of nitrogens with zero attached hydrogens (tertiary/aromatic N) is 1. The predicted octanol–water partition coefficient (Wildman–Crippen LogP) is 6.25. The number of hydrogen-bond donors (Lipinski definition) is 2. The van der Waals surface area contributed by atoms with Crippen LogP contribution >= 0.6 is 11.6 Å². The second kappa shape index (κ2) is 12.2. The number of amides is 2. The summed E-state index contributed by atoms with van der Waals surface area (Å²) >= 11 is 6.62. The van der Waals surface area contributed by atoms with Gasteiger partial charge in [0.2, 0.25) is 0 Å². The third-order valence-electron chi connectivity index (χ3n) is 7.88. The van der Waals surface area contributed by atoms with Gasteiger partial charge in [0.05, 0.1) is 23.2 Å². The molecule has 8 nitrogen and oxygen atoms in total. The number of likely N-dealkylation sites (tertiary alicyclic amines) is 1. The van der Waals surface area contributed by atoms with Gasteiger partial charge in [-0.3, -0.25) is 4.79 Å². The number of ether oxygens (including phenoxy) is 3. The van der Waals surface area contributed by atoms with E-state index in [0.717, 1.165) is 11.6 Å². The van der Waals surface area contributed by atoms with E-state index >= 15 is 8.78 Å². The van der Waals surface area contributed by atoms with E-state index in [2.05, 4.69) is 5.32 Å². The number of carbonyl (C=O) groups excluding carboxylic acids is 2. The molecule has 0 saturated carbocycles. The minimum Gasteiger partial charge on any atom is -0.488 e. The first kappa shape index (κ1) is 31.5. The van der Waals surface area contributed by atoms with Crippen molar-refractivity contribution in [3.8, 4) is 22.6 Å². The van der Waals surface area contributed by atoms with Crippen LogP contribution in [0.3, 0.4) is 0 Å². The molecule has 0 spiro atoms. The van der Waals surface area contributed by atoms with Gasteiger partial charge in [0, 0.05) is 42.8 Å². The highest BCUT2D eigenvalue weighted by Crippen LogP contribution is 2.53. The maximum Gasteiger partial charge on any atom is 0.410 e. The predicted molar refractivity (Wildman–Crippen MR) is 161 cm³/mol. The van der Waals surface area contributed by atoms with Crippen molar-refractivity contribution < 1.29 is 37.7 Å². The summed E-state index contributed by atoms with van der Waals surface area (Å²) in [7, 11) is 1.40. The van der Waals surface area contributed by atoms with E-state index in [-0.39, 0.29) is 47.8 Å². The molecule has 0 bridgehead atoms. The van der Waals surface area contributed by atoms with Gasteiger partial charge in [0.15, 0.2) is 17.2 Å². The highest BCUT2D eigenvalue weighted by Gasteiger charge is 2.54. The summed E-state index contributed by atoms with van der Waals surface area (Å²) in [6, 6.07) is 12.5. The van der Waals surface area contributed by atoms with Crippen molar-refractivity contribution in [2.75, 3.05) is 26.8 Å². The van der Waals surface area contributed by atoms with Crippen LogP contribution in [0.25, 0.3) is 11.1 Å². The normalized spacial score (nSPS) is 19.4. The average molecular weight is 629 g/mol. The molecule has 3 aromatic rings. The number of hydrogen-bond acceptors (Lipinski definition) is 6. The Hall–Kier alpha value is -3.89. The third-order valence-corrected chi connectivity index (χ3v) is 8.25. The molecule has 0 aromatic heterocycles. The van der Waals surface area contributed by atoms with E-state index in [9.17, 15) is 14.7 Å². The maximum atomic E-state index is 16.3. The van der Waals surface area contributed by atoms with Crippen molar-refractivity contribution >= 4 is 23.6 Å². The first-order chi connectivity index (χ1) is 20.9. The fourth-order valence-corrected chi connectivity index (χ4v) is 6.37. The molecule has 3 aromatic carbocycles. The number of rotatable bonds is 7. The van der Waals surface area contributed by atoms with Crippen LogP contribution in [0.2, 0.25) is 5.02 Å².